The SMILES string of the molecule is CC(C)(CNC(=O)c1cc(-c2ccccc2)nc2ccccc12)CNC(=O)c1cc(-c2ccccc2)nc2ccccc12. The van der Waals surface area contributed by atoms with Crippen molar-refractivity contribution in [3.8, 4) is 22.5 Å². The number of pyridine rings is 2. The summed E-state index contributed by atoms with van der Waals surface area (Å²) in [5, 5.41) is 7.80. The molecule has 0 saturated heterocycles. The molecule has 0 aliphatic heterocycles. The van der Waals surface area contributed by atoms with Crippen LogP contribution in [0.15, 0.2) is 121 Å². The average Bonchev–Trinajstić information content (AvgIpc) is 3.06. The molecule has 6 nitrogen and oxygen atoms in total. The average molecular weight is 565 g/mol. The molecule has 2 N–H and O–H groups in total. The highest BCUT2D eigenvalue weighted by atomic mass is 16.2. The summed E-state index contributed by atoms with van der Waals surface area (Å²) in [7, 11) is 0. The zero-order valence-electron chi connectivity index (χ0n) is 24.2. The quantitative estimate of drug-likeness (QED) is 0.203. The van der Waals surface area contributed by atoms with Crippen molar-refractivity contribution in [2.24, 2.45) is 5.41 Å². The Morgan fingerprint density at radius 3 is 1.35 bits per heavy atom. The van der Waals surface area contributed by atoms with Crippen molar-refractivity contribution in [1.29, 1.82) is 0 Å². The number of carbonyl (C=O) groups is 2. The fourth-order valence-corrected chi connectivity index (χ4v) is 5.13. The van der Waals surface area contributed by atoms with Crippen LogP contribution in [0, 0.1) is 5.41 Å². The summed E-state index contributed by atoms with van der Waals surface area (Å²) in [5.74, 6) is -0.356. The Kier molecular flexibility index (Phi) is 7.67. The number of amides is 2. The molecule has 0 aliphatic carbocycles. The zero-order chi connectivity index (χ0) is 29.8. The lowest BCUT2D eigenvalue weighted by Crippen LogP contribution is -2.42. The number of hydrogen-bond acceptors (Lipinski definition) is 4. The molecule has 4 aromatic carbocycles. The van der Waals surface area contributed by atoms with Crippen LogP contribution in [0.3, 0.4) is 0 Å². The monoisotopic (exact) mass is 564 g/mol. The van der Waals surface area contributed by atoms with Gasteiger partial charge in [-0.25, -0.2) is 9.97 Å². The van der Waals surface area contributed by atoms with Gasteiger partial charge in [0.05, 0.1) is 33.5 Å². The van der Waals surface area contributed by atoms with E-state index in [1.807, 2.05) is 135 Å². The third-order valence-corrected chi connectivity index (χ3v) is 7.52. The molecule has 0 saturated carbocycles. The van der Waals surface area contributed by atoms with E-state index >= 15 is 0 Å². The lowest BCUT2D eigenvalue weighted by Gasteiger charge is -2.26. The number of para-hydroxylation sites is 2. The molecule has 212 valence electrons. The topological polar surface area (TPSA) is 84.0 Å². The van der Waals surface area contributed by atoms with Crippen LogP contribution in [0.25, 0.3) is 44.3 Å². The molecule has 6 heteroatoms. The second-order valence-corrected chi connectivity index (χ2v) is 11.4. The van der Waals surface area contributed by atoms with Gasteiger partial charge in [0, 0.05) is 35.0 Å². The van der Waals surface area contributed by atoms with Gasteiger partial charge in [0.1, 0.15) is 0 Å². The first kappa shape index (κ1) is 27.8. The van der Waals surface area contributed by atoms with Crippen molar-refractivity contribution in [2.75, 3.05) is 13.1 Å². The minimum atomic E-state index is -0.415. The Morgan fingerprint density at radius 2 is 0.930 bits per heavy atom. The number of nitrogens with one attached hydrogen (secondary N) is 2. The normalized spacial score (nSPS) is 11.4. The third kappa shape index (κ3) is 6.14. The second-order valence-electron chi connectivity index (χ2n) is 11.4. The first-order valence-corrected chi connectivity index (χ1v) is 14.3. The molecular formula is C37H32N4O2. The van der Waals surface area contributed by atoms with E-state index in [4.69, 9.17) is 9.97 Å². The highest BCUT2D eigenvalue weighted by Gasteiger charge is 2.23. The van der Waals surface area contributed by atoms with Crippen molar-refractivity contribution >= 4 is 33.6 Å². The molecular weight excluding hydrogens is 532 g/mol. The maximum Gasteiger partial charge on any atom is 0.252 e. The maximum atomic E-state index is 13.5. The lowest BCUT2D eigenvalue weighted by molar-refractivity contribution is 0.0921. The van der Waals surface area contributed by atoms with E-state index in [2.05, 4.69) is 10.6 Å². The zero-order valence-corrected chi connectivity index (χ0v) is 24.2. The summed E-state index contributed by atoms with van der Waals surface area (Å²) in [4.78, 5) is 36.6. The number of benzene rings is 4. The second kappa shape index (κ2) is 11.9. The third-order valence-electron chi connectivity index (χ3n) is 7.52. The standard InChI is InChI=1S/C37H32N4O2/c1-37(2,23-38-35(42)29-21-33(25-13-5-3-6-14-25)40-31-19-11-9-17-27(29)31)24-39-36(43)30-22-34(26-15-7-4-8-16-26)41-32-20-12-10-18-28(30)32/h3-22H,23-24H2,1-2H3,(H,38,42)(H,39,43). The van der Waals surface area contributed by atoms with Crippen LogP contribution in [0.2, 0.25) is 0 Å². The summed E-state index contributed by atoms with van der Waals surface area (Å²) in [6, 6.07) is 38.7. The smallest absolute Gasteiger partial charge is 0.252 e. The summed E-state index contributed by atoms with van der Waals surface area (Å²) >= 11 is 0. The number of aromatic nitrogens is 2. The summed E-state index contributed by atoms with van der Waals surface area (Å²) in [6.07, 6.45) is 0. The van der Waals surface area contributed by atoms with Crippen molar-refractivity contribution in [1.82, 2.24) is 20.6 Å². The highest BCUT2D eigenvalue weighted by molar-refractivity contribution is 6.08. The largest absolute Gasteiger partial charge is 0.351 e. The van der Waals surface area contributed by atoms with Gasteiger partial charge >= 0.3 is 0 Å². The number of rotatable bonds is 8. The predicted octanol–water partition coefficient (Wildman–Crippen LogP) is 7.30. The van der Waals surface area contributed by atoms with Gasteiger partial charge in [-0.1, -0.05) is 111 Å². The number of nitrogens with zero attached hydrogens (tertiary/aromatic N) is 2. The molecule has 0 radical (unpaired) electrons. The molecule has 6 aromatic rings. The Bertz CT molecular complexity index is 1790. The van der Waals surface area contributed by atoms with Crippen molar-refractivity contribution in [3.63, 3.8) is 0 Å². The van der Waals surface area contributed by atoms with Gasteiger partial charge in [0.25, 0.3) is 11.8 Å². The van der Waals surface area contributed by atoms with Crippen LogP contribution in [0.5, 0.6) is 0 Å². The van der Waals surface area contributed by atoms with Crippen LogP contribution >= 0.6 is 0 Å². The van der Waals surface area contributed by atoms with Crippen LogP contribution in [0.1, 0.15) is 34.6 Å². The Hall–Kier alpha value is -5.36. The Balaban J connectivity index is 1.18. The molecule has 0 fully saturated rings. The van der Waals surface area contributed by atoms with Crippen molar-refractivity contribution < 1.29 is 9.59 Å². The van der Waals surface area contributed by atoms with Crippen LogP contribution in [-0.4, -0.2) is 34.9 Å². The number of hydrogen-bond donors (Lipinski definition) is 2. The highest BCUT2D eigenvalue weighted by Crippen LogP contribution is 2.27. The van der Waals surface area contributed by atoms with E-state index in [-0.39, 0.29) is 11.8 Å². The van der Waals surface area contributed by atoms with Gasteiger partial charge in [-0.15, -0.1) is 0 Å². The molecule has 0 aliphatic rings. The van der Waals surface area contributed by atoms with E-state index in [0.29, 0.717) is 24.2 Å². The number of carbonyl (C=O) groups excluding carboxylic acids is 2. The fraction of sp³-hybridized carbons (Fsp3) is 0.135. The van der Waals surface area contributed by atoms with E-state index in [0.717, 1.165) is 44.3 Å². The molecule has 0 atom stereocenters. The van der Waals surface area contributed by atoms with Gasteiger partial charge in [-0.05, 0) is 29.7 Å². The van der Waals surface area contributed by atoms with Crippen molar-refractivity contribution in [2.45, 2.75) is 13.8 Å². The van der Waals surface area contributed by atoms with Gasteiger partial charge in [-0.2, -0.15) is 0 Å². The first-order chi connectivity index (χ1) is 20.9. The van der Waals surface area contributed by atoms with E-state index < -0.39 is 5.41 Å². The molecule has 2 heterocycles. The van der Waals surface area contributed by atoms with Gasteiger partial charge < -0.3 is 10.6 Å². The molecule has 2 aromatic heterocycles. The molecule has 43 heavy (non-hydrogen) atoms. The summed E-state index contributed by atoms with van der Waals surface area (Å²) < 4.78 is 0. The van der Waals surface area contributed by atoms with E-state index in [1.165, 1.54) is 0 Å². The molecule has 0 unspecified atom stereocenters. The molecule has 0 spiro atoms. The predicted molar refractivity (Wildman–Crippen MR) is 173 cm³/mol. The maximum absolute atomic E-state index is 13.5. The van der Waals surface area contributed by atoms with E-state index in [9.17, 15) is 9.59 Å². The van der Waals surface area contributed by atoms with Crippen LogP contribution < -0.4 is 10.6 Å². The van der Waals surface area contributed by atoms with E-state index in [1.54, 1.807) is 0 Å². The van der Waals surface area contributed by atoms with Crippen molar-refractivity contribution in [3.05, 3.63) is 132 Å². The Labute approximate surface area is 250 Å². The van der Waals surface area contributed by atoms with Gasteiger partial charge in [0.15, 0.2) is 0 Å². The molecule has 0 bridgehead atoms. The lowest BCUT2D eigenvalue weighted by atomic mass is 9.92. The fourth-order valence-electron chi connectivity index (χ4n) is 5.13. The van der Waals surface area contributed by atoms with Crippen LogP contribution in [0.4, 0.5) is 0 Å². The summed E-state index contributed by atoms with van der Waals surface area (Å²) in [6.45, 7) is 4.78. The summed E-state index contributed by atoms with van der Waals surface area (Å²) in [5.41, 5.74) is 5.64. The minimum absolute atomic E-state index is 0.178. The van der Waals surface area contributed by atoms with Gasteiger partial charge in [0.2, 0.25) is 0 Å². The first-order valence-electron chi connectivity index (χ1n) is 14.3. The number of fused-ring (bicyclic) bond motifs is 2. The molecule has 6 rings (SSSR count). The molecule has 2 amide bonds. The van der Waals surface area contributed by atoms with Crippen LogP contribution in [-0.2, 0) is 0 Å². The van der Waals surface area contributed by atoms with Gasteiger partial charge in [-0.3, -0.25) is 9.59 Å². The Morgan fingerprint density at radius 1 is 0.558 bits per heavy atom. The minimum Gasteiger partial charge on any atom is -0.351 e.